The number of nitrogens with zero attached hydrogens (tertiary/aromatic N) is 3. The smallest absolute Gasteiger partial charge is 0.0768 e. The molecule has 0 radical (unpaired) electrons. The molecule has 2 aliphatic rings. The summed E-state index contributed by atoms with van der Waals surface area (Å²) < 4.78 is 0. The number of nitrogens with one attached hydrogen (secondary N) is 1. The van der Waals surface area contributed by atoms with Gasteiger partial charge in [-0.25, -0.2) is 0 Å². The Bertz CT molecular complexity index is 525. The van der Waals surface area contributed by atoms with Crippen molar-refractivity contribution in [3.8, 4) is 0 Å². The molecule has 122 valence electrons. The van der Waals surface area contributed by atoms with Crippen molar-refractivity contribution in [1.82, 2.24) is 20.0 Å². The van der Waals surface area contributed by atoms with E-state index in [9.17, 15) is 0 Å². The van der Waals surface area contributed by atoms with E-state index >= 15 is 0 Å². The zero-order valence-corrected chi connectivity index (χ0v) is 14.7. The summed E-state index contributed by atoms with van der Waals surface area (Å²) in [7, 11) is 4.40. The highest BCUT2D eigenvalue weighted by Crippen LogP contribution is 2.25. The van der Waals surface area contributed by atoms with Crippen molar-refractivity contribution in [2.75, 3.05) is 46.8 Å². The average Bonchev–Trinajstić information content (AvgIpc) is 2.89. The van der Waals surface area contributed by atoms with Gasteiger partial charge in [0, 0.05) is 49.3 Å². The topological polar surface area (TPSA) is 21.8 Å². The molecule has 2 fully saturated rings. The predicted molar refractivity (Wildman–Crippen MR) is 92.6 cm³/mol. The van der Waals surface area contributed by atoms with Gasteiger partial charge in [-0.2, -0.15) is 0 Å². The van der Waals surface area contributed by atoms with Gasteiger partial charge in [-0.1, -0.05) is 29.3 Å². The third-order valence-electron chi connectivity index (χ3n) is 4.78. The van der Waals surface area contributed by atoms with Gasteiger partial charge in [0.1, 0.15) is 0 Å². The van der Waals surface area contributed by atoms with Crippen LogP contribution in [0.4, 0.5) is 0 Å². The van der Waals surface area contributed by atoms with Crippen molar-refractivity contribution >= 4 is 23.2 Å². The summed E-state index contributed by atoms with van der Waals surface area (Å²) in [6.45, 7) is 6.29. The molecule has 2 atom stereocenters. The fourth-order valence-corrected chi connectivity index (χ4v) is 3.94. The van der Waals surface area contributed by atoms with Crippen molar-refractivity contribution in [1.29, 1.82) is 0 Å². The normalized spacial score (nSPS) is 28.4. The van der Waals surface area contributed by atoms with E-state index in [2.05, 4.69) is 34.1 Å². The van der Waals surface area contributed by atoms with Gasteiger partial charge >= 0.3 is 0 Å². The summed E-state index contributed by atoms with van der Waals surface area (Å²) in [4.78, 5) is 7.38. The van der Waals surface area contributed by atoms with Crippen molar-refractivity contribution in [2.45, 2.75) is 18.8 Å². The zero-order chi connectivity index (χ0) is 15.7. The lowest BCUT2D eigenvalue weighted by molar-refractivity contribution is 0.0321. The van der Waals surface area contributed by atoms with Crippen LogP contribution in [0.1, 0.15) is 5.56 Å². The Morgan fingerprint density at radius 3 is 2.68 bits per heavy atom. The second-order valence-electron chi connectivity index (χ2n) is 6.42. The Hall–Kier alpha value is -0.360. The molecule has 0 bridgehead atoms. The van der Waals surface area contributed by atoms with E-state index in [-0.39, 0.29) is 0 Å². The van der Waals surface area contributed by atoms with Crippen LogP contribution < -0.4 is 5.32 Å². The van der Waals surface area contributed by atoms with Crippen LogP contribution in [0.2, 0.25) is 10.0 Å². The lowest BCUT2D eigenvalue weighted by atomic mass is 10.1. The molecule has 1 aromatic carbocycles. The fourth-order valence-electron chi connectivity index (χ4n) is 3.47. The van der Waals surface area contributed by atoms with E-state index in [0.717, 1.165) is 49.9 Å². The number of hydrogen-bond donors (Lipinski definition) is 1. The van der Waals surface area contributed by atoms with Gasteiger partial charge < -0.3 is 4.90 Å². The lowest BCUT2D eigenvalue weighted by Crippen LogP contribution is -2.61. The molecule has 2 unspecified atom stereocenters. The molecule has 0 amide bonds. The van der Waals surface area contributed by atoms with Crippen molar-refractivity contribution in [2.24, 2.45) is 0 Å². The summed E-state index contributed by atoms with van der Waals surface area (Å²) >= 11 is 12.4. The second kappa shape index (κ2) is 7.04. The van der Waals surface area contributed by atoms with Crippen LogP contribution in [0.25, 0.3) is 0 Å². The first-order chi connectivity index (χ1) is 10.5. The van der Waals surface area contributed by atoms with Gasteiger partial charge in [-0.15, -0.1) is 0 Å². The number of likely N-dealkylation sites (N-methyl/N-ethyl adjacent to an activating group) is 2. The Morgan fingerprint density at radius 2 is 2.00 bits per heavy atom. The molecule has 6 heteroatoms. The summed E-state index contributed by atoms with van der Waals surface area (Å²) in [5, 5.41) is 5.10. The Balaban J connectivity index is 1.77. The van der Waals surface area contributed by atoms with Crippen LogP contribution in [0.5, 0.6) is 0 Å². The van der Waals surface area contributed by atoms with Crippen LogP contribution in [0.3, 0.4) is 0 Å². The highest BCUT2D eigenvalue weighted by molar-refractivity contribution is 6.35. The fraction of sp³-hybridized carbons (Fsp3) is 0.625. The van der Waals surface area contributed by atoms with E-state index in [4.69, 9.17) is 23.2 Å². The van der Waals surface area contributed by atoms with E-state index in [1.165, 1.54) is 0 Å². The first-order valence-electron chi connectivity index (χ1n) is 7.85. The molecule has 2 heterocycles. The quantitative estimate of drug-likeness (QED) is 0.906. The second-order valence-corrected chi connectivity index (χ2v) is 7.26. The minimum atomic E-state index is 0.411. The van der Waals surface area contributed by atoms with Crippen LogP contribution >= 0.6 is 23.2 Å². The maximum absolute atomic E-state index is 6.37. The predicted octanol–water partition coefficient (Wildman–Crippen LogP) is 1.97. The molecular formula is C16H24Cl2N4. The standard InChI is InChI=1S/C16H24Cl2N4/c1-20-7-8-22(10-12-3-4-13(17)9-14(12)18)15(11-20)16-19-5-6-21(16)2/h3-4,9,15-16,19H,5-8,10-11H2,1-2H3. The Labute approximate surface area is 143 Å². The largest absolute Gasteiger partial charge is 0.303 e. The molecule has 3 rings (SSSR count). The number of piperazine rings is 1. The number of hydrogen-bond acceptors (Lipinski definition) is 4. The van der Waals surface area contributed by atoms with Crippen LogP contribution in [0.15, 0.2) is 18.2 Å². The van der Waals surface area contributed by atoms with Crippen LogP contribution in [0, 0.1) is 0 Å². The molecule has 22 heavy (non-hydrogen) atoms. The van der Waals surface area contributed by atoms with Gasteiger partial charge in [0.2, 0.25) is 0 Å². The van der Waals surface area contributed by atoms with Gasteiger partial charge in [-0.3, -0.25) is 15.1 Å². The number of rotatable bonds is 3. The molecule has 0 aromatic heterocycles. The highest BCUT2D eigenvalue weighted by Gasteiger charge is 2.36. The summed E-state index contributed by atoms with van der Waals surface area (Å²) in [5.41, 5.74) is 1.15. The molecule has 1 aromatic rings. The van der Waals surface area contributed by atoms with Gasteiger partial charge in [0.25, 0.3) is 0 Å². The molecule has 0 spiro atoms. The summed E-state index contributed by atoms with van der Waals surface area (Å²) in [6.07, 6.45) is 0.411. The minimum absolute atomic E-state index is 0.411. The third-order valence-corrected chi connectivity index (χ3v) is 5.37. The van der Waals surface area contributed by atoms with E-state index < -0.39 is 0 Å². The van der Waals surface area contributed by atoms with E-state index in [1.54, 1.807) is 0 Å². The molecule has 1 N–H and O–H groups in total. The highest BCUT2D eigenvalue weighted by atomic mass is 35.5. The number of benzene rings is 1. The average molecular weight is 343 g/mol. The molecule has 2 saturated heterocycles. The van der Waals surface area contributed by atoms with Crippen molar-refractivity contribution < 1.29 is 0 Å². The third kappa shape index (κ3) is 3.58. The van der Waals surface area contributed by atoms with Crippen LogP contribution in [-0.4, -0.2) is 73.7 Å². The molecule has 0 saturated carbocycles. The zero-order valence-electron chi connectivity index (χ0n) is 13.2. The Morgan fingerprint density at radius 1 is 1.18 bits per heavy atom. The minimum Gasteiger partial charge on any atom is -0.303 e. The van der Waals surface area contributed by atoms with E-state index in [1.807, 2.05) is 18.2 Å². The van der Waals surface area contributed by atoms with Crippen LogP contribution in [-0.2, 0) is 6.54 Å². The molecular weight excluding hydrogens is 319 g/mol. The molecule has 2 aliphatic heterocycles. The number of halogens is 2. The molecule has 4 nitrogen and oxygen atoms in total. The van der Waals surface area contributed by atoms with Crippen molar-refractivity contribution in [3.63, 3.8) is 0 Å². The Kier molecular flexibility index (Phi) is 5.28. The molecule has 0 aliphatic carbocycles. The summed E-state index contributed by atoms with van der Waals surface area (Å²) in [5.74, 6) is 0. The monoisotopic (exact) mass is 342 g/mol. The maximum atomic E-state index is 6.37. The van der Waals surface area contributed by atoms with Gasteiger partial charge in [-0.05, 0) is 31.8 Å². The first kappa shape index (κ1) is 16.5. The summed E-state index contributed by atoms with van der Waals surface area (Å²) in [6, 6.07) is 6.28. The van der Waals surface area contributed by atoms with Gasteiger partial charge in [0.05, 0.1) is 12.2 Å². The van der Waals surface area contributed by atoms with Gasteiger partial charge in [0.15, 0.2) is 0 Å². The SMILES string of the molecule is CN1CCN(Cc2ccc(Cl)cc2Cl)C(C2NCCN2C)C1. The lowest BCUT2D eigenvalue weighted by Gasteiger charge is -2.44. The first-order valence-corrected chi connectivity index (χ1v) is 8.60. The maximum Gasteiger partial charge on any atom is 0.0768 e. The van der Waals surface area contributed by atoms with E-state index in [0.29, 0.717) is 17.2 Å². The van der Waals surface area contributed by atoms with Crippen molar-refractivity contribution in [3.05, 3.63) is 33.8 Å².